The van der Waals surface area contributed by atoms with E-state index in [1.807, 2.05) is 30.3 Å². The molecule has 4 heteroatoms. The Labute approximate surface area is 127 Å². The molecule has 1 aromatic carbocycles. The van der Waals surface area contributed by atoms with Crippen molar-refractivity contribution in [3.05, 3.63) is 35.9 Å². The second kappa shape index (κ2) is 6.94. The van der Waals surface area contributed by atoms with Crippen LogP contribution in [0.15, 0.2) is 30.3 Å². The van der Waals surface area contributed by atoms with E-state index >= 15 is 0 Å². The number of benzene rings is 1. The molecule has 21 heavy (non-hydrogen) atoms. The SMILES string of the molecule is CC(C)(O)CN(Cc1ccccc1)C(=O)NC1CCCC1. The topological polar surface area (TPSA) is 52.6 Å². The summed E-state index contributed by atoms with van der Waals surface area (Å²) < 4.78 is 0. The van der Waals surface area contributed by atoms with Crippen molar-refractivity contribution >= 4 is 6.03 Å². The number of urea groups is 1. The third kappa shape index (κ3) is 5.38. The van der Waals surface area contributed by atoms with Crippen LogP contribution < -0.4 is 5.32 Å². The minimum Gasteiger partial charge on any atom is -0.389 e. The second-order valence-electron chi connectivity index (χ2n) is 6.58. The van der Waals surface area contributed by atoms with E-state index in [2.05, 4.69) is 5.32 Å². The number of hydrogen-bond donors (Lipinski definition) is 2. The molecule has 0 aliphatic heterocycles. The zero-order chi connectivity index (χ0) is 15.3. The molecule has 1 saturated carbocycles. The van der Waals surface area contributed by atoms with Crippen LogP contribution in [0.25, 0.3) is 0 Å². The standard InChI is InChI=1S/C17H26N2O2/c1-17(2,21)13-19(12-14-8-4-3-5-9-14)16(20)18-15-10-6-7-11-15/h3-5,8-9,15,21H,6-7,10-13H2,1-2H3,(H,18,20). The Morgan fingerprint density at radius 1 is 1.29 bits per heavy atom. The number of aliphatic hydroxyl groups is 1. The fourth-order valence-electron chi connectivity index (χ4n) is 2.81. The fraction of sp³-hybridized carbons (Fsp3) is 0.588. The smallest absolute Gasteiger partial charge is 0.318 e. The lowest BCUT2D eigenvalue weighted by molar-refractivity contribution is 0.0442. The molecule has 1 aliphatic carbocycles. The van der Waals surface area contributed by atoms with E-state index in [-0.39, 0.29) is 12.1 Å². The highest BCUT2D eigenvalue weighted by atomic mass is 16.3. The van der Waals surface area contributed by atoms with Crippen LogP contribution in [0.4, 0.5) is 4.79 Å². The van der Waals surface area contributed by atoms with Crippen molar-refractivity contribution in [3.63, 3.8) is 0 Å². The van der Waals surface area contributed by atoms with Crippen molar-refractivity contribution < 1.29 is 9.90 Å². The number of carbonyl (C=O) groups is 1. The fourth-order valence-corrected chi connectivity index (χ4v) is 2.81. The predicted octanol–water partition coefficient (Wildman–Crippen LogP) is 2.91. The molecule has 0 spiro atoms. The minimum atomic E-state index is -0.901. The number of rotatable bonds is 5. The Hall–Kier alpha value is -1.55. The molecule has 4 nitrogen and oxygen atoms in total. The largest absolute Gasteiger partial charge is 0.389 e. The van der Waals surface area contributed by atoms with Gasteiger partial charge in [0.25, 0.3) is 0 Å². The number of nitrogens with one attached hydrogen (secondary N) is 1. The molecule has 1 aliphatic rings. The number of carbonyl (C=O) groups excluding carboxylic acids is 1. The maximum Gasteiger partial charge on any atom is 0.318 e. The number of nitrogens with zero attached hydrogens (tertiary/aromatic N) is 1. The van der Waals surface area contributed by atoms with Crippen molar-refractivity contribution in [3.8, 4) is 0 Å². The highest BCUT2D eigenvalue weighted by Crippen LogP contribution is 2.18. The Kier molecular flexibility index (Phi) is 5.23. The summed E-state index contributed by atoms with van der Waals surface area (Å²) in [7, 11) is 0. The first-order valence-electron chi connectivity index (χ1n) is 7.76. The highest BCUT2D eigenvalue weighted by molar-refractivity contribution is 5.74. The lowest BCUT2D eigenvalue weighted by atomic mass is 10.1. The molecule has 0 bridgehead atoms. The van der Waals surface area contributed by atoms with Gasteiger partial charge in [0.05, 0.1) is 12.1 Å². The van der Waals surface area contributed by atoms with Gasteiger partial charge in [0, 0.05) is 12.6 Å². The third-order valence-corrected chi connectivity index (χ3v) is 3.76. The summed E-state index contributed by atoms with van der Waals surface area (Å²) in [5, 5.41) is 13.2. The average molecular weight is 290 g/mol. The quantitative estimate of drug-likeness (QED) is 0.876. The molecule has 116 valence electrons. The number of amides is 2. The van der Waals surface area contributed by atoms with E-state index in [1.165, 1.54) is 12.8 Å². The Balaban J connectivity index is 2.01. The lowest BCUT2D eigenvalue weighted by Crippen LogP contribution is -2.48. The third-order valence-electron chi connectivity index (χ3n) is 3.76. The maximum atomic E-state index is 12.5. The molecule has 1 aromatic rings. The van der Waals surface area contributed by atoms with E-state index in [9.17, 15) is 9.90 Å². The zero-order valence-electron chi connectivity index (χ0n) is 13.0. The molecule has 2 N–H and O–H groups in total. The van der Waals surface area contributed by atoms with Crippen LogP contribution in [0, 0.1) is 0 Å². The molecular formula is C17H26N2O2. The molecule has 2 rings (SSSR count). The Morgan fingerprint density at radius 2 is 1.90 bits per heavy atom. The Bertz CT molecular complexity index is 448. The molecule has 0 atom stereocenters. The normalized spacial score (nSPS) is 16.0. The van der Waals surface area contributed by atoms with Gasteiger partial charge in [-0.15, -0.1) is 0 Å². The number of hydrogen-bond acceptors (Lipinski definition) is 2. The molecule has 0 heterocycles. The van der Waals surface area contributed by atoms with Gasteiger partial charge >= 0.3 is 6.03 Å². The Morgan fingerprint density at radius 3 is 2.48 bits per heavy atom. The van der Waals surface area contributed by atoms with Gasteiger partial charge in [-0.3, -0.25) is 0 Å². The van der Waals surface area contributed by atoms with E-state index in [0.717, 1.165) is 18.4 Å². The second-order valence-corrected chi connectivity index (χ2v) is 6.58. The van der Waals surface area contributed by atoms with Gasteiger partial charge in [-0.05, 0) is 32.3 Å². The van der Waals surface area contributed by atoms with Crippen LogP contribution in [0.5, 0.6) is 0 Å². The monoisotopic (exact) mass is 290 g/mol. The maximum absolute atomic E-state index is 12.5. The van der Waals surface area contributed by atoms with Crippen molar-refractivity contribution in [1.82, 2.24) is 10.2 Å². The van der Waals surface area contributed by atoms with Crippen LogP contribution in [0.3, 0.4) is 0 Å². The molecular weight excluding hydrogens is 264 g/mol. The van der Waals surface area contributed by atoms with Gasteiger partial charge in [0.2, 0.25) is 0 Å². The first kappa shape index (κ1) is 15.8. The molecule has 2 amide bonds. The summed E-state index contributed by atoms with van der Waals surface area (Å²) >= 11 is 0. The summed E-state index contributed by atoms with van der Waals surface area (Å²) in [5.41, 5.74) is 0.172. The lowest BCUT2D eigenvalue weighted by Gasteiger charge is -2.30. The van der Waals surface area contributed by atoms with Gasteiger partial charge in [-0.1, -0.05) is 43.2 Å². The van der Waals surface area contributed by atoms with Gasteiger partial charge in [-0.25, -0.2) is 4.79 Å². The van der Waals surface area contributed by atoms with Crippen molar-refractivity contribution in [2.24, 2.45) is 0 Å². The zero-order valence-corrected chi connectivity index (χ0v) is 13.0. The van der Waals surface area contributed by atoms with Gasteiger partial charge < -0.3 is 15.3 Å². The minimum absolute atomic E-state index is 0.0760. The van der Waals surface area contributed by atoms with Crippen molar-refractivity contribution in [2.75, 3.05) is 6.54 Å². The van der Waals surface area contributed by atoms with Crippen molar-refractivity contribution in [2.45, 2.75) is 57.7 Å². The van der Waals surface area contributed by atoms with Gasteiger partial charge in [-0.2, -0.15) is 0 Å². The summed E-state index contributed by atoms with van der Waals surface area (Å²) in [5.74, 6) is 0. The van der Waals surface area contributed by atoms with Crippen LogP contribution in [0.1, 0.15) is 45.1 Å². The molecule has 0 radical (unpaired) electrons. The van der Waals surface area contributed by atoms with Crippen LogP contribution in [0.2, 0.25) is 0 Å². The summed E-state index contributed by atoms with van der Waals surface area (Å²) in [4.78, 5) is 14.2. The first-order valence-corrected chi connectivity index (χ1v) is 7.76. The molecule has 0 aromatic heterocycles. The highest BCUT2D eigenvalue weighted by Gasteiger charge is 2.25. The van der Waals surface area contributed by atoms with E-state index in [4.69, 9.17) is 0 Å². The van der Waals surface area contributed by atoms with Crippen molar-refractivity contribution in [1.29, 1.82) is 0 Å². The van der Waals surface area contributed by atoms with E-state index < -0.39 is 5.60 Å². The average Bonchev–Trinajstić information content (AvgIpc) is 2.90. The van der Waals surface area contributed by atoms with Crippen LogP contribution >= 0.6 is 0 Å². The molecule has 0 unspecified atom stereocenters. The van der Waals surface area contributed by atoms with Gasteiger partial charge in [0.1, 0.15) is 0 Å². The summed E-state index contributed by atoms with van der Waals surface area (Å²) in [6.45, 7) is 4.30. The molecule has 0 saturated heterocycles. The first-order chi connectivity index (χ1) is 9.94. The molecule has 1 fully saturated rings. The summed E-state index contributed by atoms with van der Waals surface area (Å²) in [6, 6.07) is 10.1. The van der Waals surface area contributed by atoms with E-state index in [0.29, 0.717) is 13.1 Å². The van der Waals surface area contributed by atoms with Crippen LogP contribution in [-0.4, -0.2) is 34.2 Å². The van der Waals surface area contributed by atoms with Gasteiger partial charge in [0.15, 0.2) is 0 Å². The summed E-state index contributed by atoms with van der Waals surface area (Å²) in [6.07, 6.45) is 4.51. The predicted molar refractivity (Wildman–Crippen MR) is 83.9 cm³/mol. The van der Waals surface area contributed by atoms with Crippen LogP contribution in [-0.2, 0) is 6.54 Å². The van der Waals surface area contributed by atoms with E-state index in [1.54, 1.807) is 18.7 Å².